The van der Waals surface area contributed by atoms with Gasteiger partial charge in [-0.1, -0.05) is 6.92 Å². The van der Waals surface area contributed by atoms with Crippen LogP contribution in [-0.4, -0.2) is 64.0 Å². The van der Waals surface area contributed by atoms with Crippen molar-refractivity contribution < 1.29 is 19.5 Å². The molecule has 2 amide bonds. The minimum absolute atomic E-state index is 0.0157. The topological polar surface area (TPSA) is 77.9 Å². The zero-order valence-corrected chi connectivity index (χ0v) is 13.1. The smallest absolute Gasteiger partial charge is 0.303 e. The van der Waals surface area contributed by atoms with Gasteiger partial charge in [0, 0.05) is 19.5 Å². The van der Waals surface area contributed by atoms with E-state index in [1.54, 1.807) is 9.80 Å². The van der Waals surface area contributed by atoms with Crippen molar-refractivity contribution in [1.29, 1.82) is 0 Å². The van der Waals surface area contributed by atoms with E-state index in [2.05, 4.69) is 0 Å². The second-order valence-electron chi connectivity index (χ2n) is 5.89. The van der Waals surface area contributed by atoms with E-state index in [4.69, 9.17) is 5.11 Å². The Balaban J connectivity index is 1.86. The lowest BCUT2D eigenvalue weighted by molar-refractivity contribution is -0.140. The standard InChI is InChI=1S/C14H22N2O4S/c1-10(5-14(19)20)11-3-2-4-15(6-11)12(17)7-16-9-21-8-13(16)18/h10-11H,2-9H2,1H3,(H,19,20). The van der Waals surface area contributed by atoms with Crippen molar-refractivity contribution >= 4 is 29.5 Å². The number of amides is 2. The lowest BCUT2D eigenvalue weighted by atomic mass is 9.84. The summed E-state index contributed by atoms with van der Waals surface area (Å²) in [4.78, 5) is 38.0. The number of rotatable bonds is 5. The highest BCUT2D eigenvalue weighted by atomic mass is 32.2. The quantitative estimate of drug-likeness (QED) is 0.814. The first-order chi connectivity index (χ1) is 9.97. The number of hydrogen-bond donors (Lipinski definition) is 1. The van der Waals surface area contributed by atoms with Gasteiger partial charge in [0.1, 0.15) is 6.54 Å². The van der Waals surface area contributed by atoms with Gasteiger partial charge in [0.05, 0.1) is 11.6 Å². The summed E-state index contributed by atoms with van der Waals surface area (Å²) in [7, 11) is 0. The first kappa shape index (κ1) is 16.1. The van der Waals surface area contributed by atoms with Gasteiger partial charge in [-0.3, -0.25) is 14.4 Å². The number of piperidine rings is 1. The minimum atomic E-state index is -0.786. The van der Waals surface area contributed by atoms with Crippen molar-refractivity contribution in [3.8, 4) is 0 Å². The van der Waals surface area contributed by atoms with E-state index in [0.29, 0.717) is 24.7 Å². The molecule has 2 aliphatic rings. The highest BCUT2D eigenvalue weighted by Crippen LogP contribution is 2.26. The Bertz CT molecular complexity index is 429. The molecular weight excluding hydrogens is 292 g/mol. The van der Waals surface area contributed by atoms with Gasteiger partial charge < -0.3 is 14.9 Å². The molecular formula is C14H22N2O4S. The molecule has 2 aliphatic heterocycles. The van der Waals surface area contributed by atoms with Crippen molar-refractivity contribution in [2.24, 2.45) is 11.8 Å². The summed E-state index contributed by atoms with van der Waals surface area (Å²) >= 11 is 1.53. The summed E-state index contributed by atoms with van der Waals surface area (Å²) in [5, 5.41) is 8.88. The number of carboxylic acid groups (broad SMARTS) is 1. The maximum Gasteiger partial charge on any atom is 0.303 e. The molecule has 1 N–H and O–H groups in total. The molecule has 0 saturated carbocycles. The van der Waals surface area contributed by atoms with E-state index in [1.165, 1.54) is 11.8 Å². The average Bonchev–Trinajstić information content (AvgIpc) is 2.83. The Labute approximate surface area is 128 Å². The van der Waals surface area contributed by atoms with E-state index in [0.717, 1.165) is 12.8 Å². The Morgan fingerprint density at radius 1 is 1.48 bits per heavy atom. The van der Waals surface area contributed by atoms with Gasteiger partial charge in [-0.25, -0.2) is 0 Å². The van der Waals surface area contributed by atoms with Crippen LogP contribution in [0.2, 0.25) is 0 Å². The fourth-order valence-electron chi connectivity index (χ4n) is 2.95. The fraction of sp³-hybridized carbons (Fsp3) is 0.786. The molecule has 2 saturated heterocycles. The highest BCUT2D eigenvalue weighted by molar-refractivity contribution is 8.00. The molecule has 21 heavy (non-hydrogen) atoms. The third-order valence-electron chi connectivity index (χ3n) is 4.26. The van der Waals surface area contributed by atoms with Crippen LogP contribution in [0.4, 0.5) is 0 Å². The van der Waals surface area contributed by atoms with Crippen LogP contribution in [0, 0.1) is 11.8 Å². The summed E-state index contributed by atoms with van der Waals surface area (Å²) in [6.07, 6.45) is 2.02. The predicted molar refractivity (Wildman–Crippen MR) is 79.8 cm³/mol. The van der Waals surface area contributed by atoms with E-state index < -0.39 is 5.97 Å². The number of thioether (sulfide) groups is 1. The first-order valence-corrected chi connectivity index (χ1v) is 8.48. The summed E-state index contributed by atoms with van der Waals surface area (Å²) in [5.74, 6) is 0.595. The fourth-order valence-corrected chi connectivity index (χ4v) is 3.85. The maximum atomic E-state index is 12.3. The molecule has 0 aromatic heterocycles. The van der Waals surface area contributed by atoms with Gasteiger partial charge >= 0.3 is 5.97 Å². The third kappa shape index (κ3) is 4.36. The normalized spacial score (nSPS) is 24.2. The lowest BCUT2D eigenvalue weighted by Gasteiger charge is -2.36. The number of nitrogens with zero attached hydrogens (tertiary/aromatic N) is 2. The molecule has 2 unspecified atom stereocenters. The molecule has 2 fully saturated rings. The minimum Gasteiger partial charge on any atom is -0.481 e. The predicted octanol–water partition coefficient (Wildman–Crippen LogP) is 0.869. The molecule has 2 heterocycles. The molecule has 0 spiro atoms. The Kier molecular flexibility index (Phi) is 5.50. The van der Waals surface area contributed by atoms with E-state index >= 15 is 0 Å². The number of carboxylic acids is 1. The van der Waals surface area contributed by atoms with Gasteiger partial charge in [0.25, 0.3) is 0 Å². The average molecular weight is 314 g/mol. The van der Waals surface area contributed by atoms with Crippen LogP contribution in [0.25, 0.3) is 0 Å². The first-order valence-electron chi connectivity index (χ1n) is 7.32. The van der Waals surface area contributed by atoms with Gasteiger partial charge in [-0.2, -0.15) is 0 Å². The highest BCUT2D eigenvalue weighted by Gasteiger charge is 2.30. The number of carbonyl (C=O) groups is 3. The number of aliphatic carboxylic acids is 1. The zero-order chi connectivity index (χ0) is 15.4. The van der Waals surface area contributed by atoms with E-state index in [9.17, 15) is 14.4 Å². The Morgan fingerprint density at radius 2 is 2.24 bits per heavy atom. The zero-order valence-electron chi connectivity index (χ0n) is 12.3. The van der Waals surface area contributed by atoms with Crippen LogP contribution in [0.5, 0.6) is 0 Å². The third-order valence-corrected chi connectivity index (χ3v) is 5.21. The molecule has 2 rings (SSSR count). The van der Waals surface area contributed by atoms with Crippen LogP contribution in [0.1, 0.15) is 26.2 Å². The second-order valence-corrected chi connectivity index (χ2v) is 6.84. The summed E-state index contributed by atoms with van der Waals surface area (Å²) < 4.78 is 0. The number of likely N-dealkylation sites (tertiary alicyclic amines) is 1. The van der Waals surface area contributed by atoms with Gasteiger partial charge in [-0.15, -0.1) is 11.8 Å². The Morgan fingerprint density at radius 3 is 2.86 bits per heavy atom. The number of carbonyl (C=O) groups excluding carboxylic acids is 2. The summed E-state index contributed by atoms with van der Waals surface area (Å²) in [5.41, 5.74) is 0. The SMILES string of the molecule is CC(CC(=O)O)C1CCCN(C(=O)CN2CSCC2=O)C1. The van der Waals surface area contributed by atoms with Crippen molar-refractivity contribution in [3.05, 3.63) is 0 Å². The van der Waals surface area contributed by atoms with Crippen molar-refractivity contribution in [2.75, 3.05) is 31.3 Å². The molecule has 0 aromatic carbocycles. The van der Waals surface area contributed by atoms with Gasteiger partial charge in [-0.05, 0) is 24.7 Å². The van der Waals surface area contributed by atoms with Gasteiger partial charge in [0.15, 0.2) is 0 Å². The van der Waals surface area contributed by atoms with Crippen molar-refractivity contribution in [2.45, 2.75) is 26.2 Å². The Hall–Kier alpha value is -1.24. The molecule has 2 atom stereocenters. The molecule has 0 aliphatic carbocycles. The van der Waals surface area contributed by atoms with Crippen LogP contribution < -0.4 is 0 Å². The maximum absolute atomic E-state index is 12.3. The molecule has 0 radical (unpaired) electrons. The van der Waals surface area contributed by atoms with Crippen LogP contribution >= 0.6 is 11.8 Å². The van der Waals surface area contributed by atoms with Crippen molar-refractivity contribution in [1.82, 2.24) is 9.80 Å². The monoisotopic (exact) mass is 314 g/mol. The molecule has 6 nitrogen and oxygen atoms in total. The number of hydrogen-bond acceptors (Lipinski definition) is 4. The van der Waals surface area contributed by atoms with E-state index in [1.807, 2.05) is 6.92 Å². The van der Waals surface area contributed by atoms with Crippen LogP contribution in [0.15, 0.2) is 0 Å². The van der Waals surface area contributed by atoms with Crippen LogP contribution in [0.3, 0.4) is 0 Å². The summed E-state index contributed by atoms with van der Waals surface area (Å²) in [6, 6.07) is 0. The molecule has 0 bridgehead atoms. The largest absolute Gasteiger partial charge is 0.481 e. The lowest BCUT2D eigenvalue weighted by Crippen LogP contribution is -2.46. The summed E-state index contributed by atoms with van der Waals surface area (Å²) in [6.45, 7) is 3.42. The van der Waals surface area contributed by atoms with Crippen molar-refractivity contribution in [3.63, 3.8) is 0 Å². The van der Waals surface area contributed by atoms with Gasteiger partial charge in [0.2, 0.25) is 11.8 Å². The molecule has 118 valence electrons. The molecule has 0 aromatic rings. The van der Waals surface area contributed by atoms with Crippen LogP contribution in [-0.2, 0) is 14.4 Å². The second kappa shape index (κ2) is 7.15. The van der Waals surface area contributed by atoms with E-state index in [-0.39, 0.29) is 36.6 Å². The molecule has 7 heteroatoms.